The predicted molar refractivity (Wildman–Crippen MR) is 72.3 cm³/mol. The molecule has 0 aliphatic heterocycles. The van der Waals surface area contributed by atoms with E-state index in [9.17, 15) is 4.79 Å². The van der Waals surface area contributed by atoms with Gasteiger partial charge >= 0.3 is 5.97 Å². The molecule has 2 aromatic heterocycles. The van der Waals surface area contributed by atoms with Gasteiger partial charge in [0.2, 0.25) is 0 Å². The van der Waals surface area contributed by atoms with Gasteiger partial charge < -0.3 is 9.67 Å². The van der Waals surface area contributed by atoms with E-state index < -0.39 is 5.97 Å². The molecule has 0 aromatic carbocycles. The number of nitrogens with zero attached hydrogens (tertiary/aromatic N) is 1. The molecule has 0 saturated heterocycles. The second-order valence-corrected chi connectivity index (χ2v) is 6.11. The topological polar surface area (TPSA) is 42.2 Å². The summed E-state index contributed by atoms with van der Waals surface area (Å²) in [7, 11) is 0. The third kappa shape index (κ3) is 2.46. The molecular formula is C11H10INO2S. The molecule has 0 radical (unpaired) electrons. The molecule has 2 rings (SSSR count). The summed E-state index contributed by atoms with van der Waals surface area (Å²) in [5.74, 6) is -0.879. The minimum atomic E-state index is -0.879. The number of aromatic nitrogens is 1. The van der Waals surface area contributed by atoms with Crippen LogP contribution in [-0.2, 0) is 6.54 Å². The van der Waals surface area contributed by atoms with Crippen molar-refractivity contribution in [2.45, 2.75) is 13.5 Å². The Morgan fingerprint density at radius 2 is 2.31 bits per heavy atom. The number of hydrogen-bond donors (Lipinski definition) is 1. The van der Waals surface area contributed by atoms with E-state index in [4.69, 9.17) is 5.11 Å². The first-order valence-corrected chi connectivity index (χ1v) is 6.60. The monoisotopic (exact) mass is 347 g/mol. The summed E-state index contributed by atoms with van der Waals surface area (Å²) in [4.78, 5) is 13.4. The summed E-state index contributed by atoms with van der Waals surface area (Å²) in [5.41, 5.74) is 0.343. The maximum Gasteiger partial charge on any atom is 0.352 e. The smallest absolute Gasteiger partial charge is 0.352 e. The average Bonchev–Trinajstić information content (AvgIpc) is 2.74. The highest BCUT2D eigenvalue weighted by atomic mass is 127. The van der Waals surface area contributed by atoms with E-state index in [1.165, 1.54) is 9.75 Å². The van der Waals surface area contributed by atoms with Gasteiger partial charge in [-0.15, -0.1) is 11.3 Å². The Labute approximate surface area is 111 Å². The lowest BCUT2D eigenvalue weighted by molar-refractivity contribution is 0.0686. The number of thiophene rings is 1. The van der Waals surface area contributed by atoms with Gasteiger partial charge in [-0.3, -0.25) is 0 Å². The molecule has 0 atom stereocenters. The highest BCUT2D eigenvalue weighted by Crippen LogP contribution is 2.19. The summed E-state index contributed by atoms with van der Waals surface area (Å²) in [6.45, 7) is 2.68. The number of carboxylic acids is 1. The zero-order valence-corrected chi connectivity index (χ0v) is 11.6. The molecule has 0 spiro atoms. The van der Waals surface area contributed by atoms with Crippen LogP contribution in [0.3, 0.4) is 0 Å². The largest absolute Gasteiger partial charge is 0.477 e. The van der Waals surface area contributed by atoms with Crippen LogP contribution in [0.25, 0.3) is 0 Å². The Bertz CT molecular complexity index is 530. The predicted octanol–water partition coefficient (Wildman–Crippen LogP) is 3.21. The highest BCUT2D eigenvalue weighted by Gasteiger charge is 2.12. The lowest BCUT2D eigenvalue weighted by Gasteiger charge is -2.03. The maximum atomic E-state index is 11.0. The van der Waals surface area contributed by atoms with E-state index in [0.717, 1.165) is 3.57 Å². The fourth-order valence-corrected chi connectivity index (χ4v) is 3.04. The van der Waals surface area contributed by atoms with Gasteiger partial charge in [-0.05, 0) is 47.7 Å². The molecule has 0 aliphatic rings. The van der Waals surface area contributed by atoms with Crippen LogP contribution in [0.1, 0.15) is 20.2 Å². The molecule has 0 unspecified atom stereocenters. The zero-order chi connectivity index (χ0) is 11.7. The van der Waals surface area contributed by atoms with Gasteiger partial charge in [0.1, 0.15) is 5.69 Å². The van der Waals surface area contributed by atoms with Crippen LogP contribution in [0.2, 0.25) is 0 Å². The molecule has 1 N–H and O–H groups in total. The van der Waals surface area contributed by atoms with Crippen LogP contribution in [0.5, 0.6) is 0 Å². The van der Waals surface area contributed by atoms with Crippen LogP contribution < -0.4 is 0 Å². The SMILES string of the molecule is Cc1ccc(Cn2cc(I)cc2C(=O)O)s1. The molecule has 0 aliphatic carbocycles. The standard InChI is InChI=1S/C11H10INO2S/c1-7-2-3-9(16-7)6-13-5-8(12)4-10(13)11(14)15/h2-5H,6H2,1H3,(H,14,15). The number of halogens is 1. The first-order valence-electron chi connectivity index (χ1n) is 4.70. The number of carbonyl (C=O) groups is 1. The van der Waals surface area contributed by atoms with Crippen molar-refractivity contribution in [2.75, 3.05) is 0 Å². The molecule has 0 amide bonds. The fraction of sp³-hybridized carbons (Fsp3) is 0.182. The van der Waals surface area contributed by atoms with Crippen molar-refractivity contribution in [3.05, 3.63) is 43.4 Å². The number of aromatic carboxylic acids is 1. The minimum absolute atomic E-state index is 0.343. The zero-order valence-electron chi connectivity index (χ0n) is 8.61. The molecule has 0 saturated carbocycles. The molecule has 0 fully saturated rings. The summed E-state index contributed by atoms with van der Waals surface area (Å²) in [6.07, 6.45) is 1.86. The van der Waals surface area contributed by atoms with Crippen LogP contribution in [-0.4, -0.2) is 15.6 Å². The molecule has 3 nitrogen and oxygen atoms in total. The van der Waals surface area contributed by atoms with E-state index in [2.05, 4.69) is 28.7 Å². The van der Waals surface area contributed by atoms with E-state index in [0.29, 0.717) is 12.2 Å². The average molecular weight is 347 g/mol. The van der Waals surface area contributed by atoms with E-state index in [1.807, 2.05) is 19.2 Å². The van der Waals surface area contributed by atoms with Crippen molar-refractivity contribution >= 4 is 39.9 Å². The van der Waals surface area contributed by atoms with Crippen molar-refractivity contribution in [1.82, 2.24) is 4.57 Å². The number of aryl methyl sites for hydroxylation is 1. The van der Waals surface area contributed by atoms with Crippen LogP contribution in [0.15, 0.2) is 24.4 Å². The molecule has 2 aromatic rings. The summed E-state index contributed by atoms with van der Waals surface area (Å²) < 4.78 is 2.72. The molecular weight excluding hydrogens is 337 g/mol. The minimum Gasteiger partial charge on any atom is -0.477 e. The van der Waals surface area contributed by atoms with Gasteiger partial charge in [-0.1, -0.05) is 0 Å². The van der Waals surface area contributed by atoms with E-state index in [-0.39, 0.29) is 0 Å². The Morgan fingerprint density at radius 1 is 1.56 bits per heavy atom. The van der Waals surface area contributed by atoms with Crippen molar-refractivity contribution in [3.63, 3.8) is 0 Å². The van der Waals surface area contributed by atoms with E-state index >= 15 is 0 Å². The molecule has 5 heteroatoms. The second-order valence-electron chi connectivity index (χ2n) is 3.49. The van der Waals surface area contributed by atoms with Gasteiger partial charge in [0.25, 0.3) is 0 Å². The number of rotatable bonds is 3. The summed E-state index contributed by atoms with van der Waals surface area (Å²) in [5, 5.41) is 9.04. The first kappa shape index (κ1) is 11.7. The van der Waals surface area contributed by atoms with Crippen molar-refractivity contribution in [1.29, 1.82) is 0 Å². The van der Waals surface area contributed by atoms with Gasteiger partial charge in [-0.2, -0.15) is 0 Å². The van der Waals surface area contributed by atoms with Crippen LogP contribution in [0, 0.1) is 10.5 Å². The van der Waals surface area contributed by atoms with Gasteiger partial charge in [0.15, 0.2) is 0 Å². The molecule has 0 bridgehead atoms. The third-order valence-electron chi connectivity index (χ3n) is 2.20. The van der Waals surface area contributed by atoms with Gasteiger partial charge in [-0.25, -0.2) is 4.79 Å². The van der Waals surface area contributed by atoms with E-state index in [1.54, 1.807) is 22.0 Å². The molecule has 2 heterocycles. The summed E-state index contributed by atoms with van der Waals surface area (Å²) >= 11 is 3.82. The van der Waals surface area contributed by atoms with Gasteiger partial charge in [0.05, 0.1) is 6.54 Å². The number of carboxylic acid groups (broad SMARTS) is 1. The fourth-order valence-electron chi connectivity index (χ4n) is 1.52. The van der Waals surface area contributed by atoms with Crippen molar-refractivity contribution in [2.24, 2.45) is 0 Å². The maximum absolute atomic E-state index is 11.0. The normalized spacial score (nSPS) is 10.6. The van der Waals surface area contributed by atoms with Crippen molar-refractivity contribution < 1.29 is 9.90 Å². The highest BCUT2D eigenvalue weighted by molar-refractivity contribution is 14.1. The van der Waals surface area contributed by atoms with Crippen LogP contribution >= 0.6 is 33.9 Å². The van der Waals surface area contributed by atoms with Crippen molar-refractivity contribution in [3.8, 4) is 0 Å². The molecule has 16 heavy (non-hydrogen) atoms. The lowest BCUT2D eigenvalue weighted by atomic mass is 10.4. The Morgan fingerprint density at radius 3 is 2.88 bits per heavy atom. The van der Waals surface area contributed by atoms with Crippen LogP contribution in [0.4, 0.5) is 0 Å². The Hall–Kier alpha value is -0.820. The first-order chi connectivity index (χ1) is 7.56. The Balaban J connectivity index is 2.30. The Kier molecular flexibility index (Phi) is 3.34. The lowest BCUT2D eigenvalue weighted by Crippen LogP contribution is -2.07. The summed E-state index contributed by atoms with van der Waals surface area (Å²) in [6, 6.07) is 5.77. The third-order valence-corrected chi connectivity index (χ3v) is 3.78. The number of hydrogen-bond acceptors (Lipinski definition) is 2. The second kappa shape index (κ2) is 4.58. The molecule has 84 valence electrons. The van der Waals surface area contributed by atoms with Gasteiger partial charge in [0, 0.05) is 19.5 Å². The quantitative estimate of drug-likeness (QED) is 0.867.